The Labute approximate surface area is 183 Å². The van der Waals surface area contributed by atoms with Crippen LogP contribution in [0.2, 0.25) is 0 Å². The molecule has 1 aromatic heterocycles. The first kappa shape index (κ1) is 22.2. The number of amides is 2. The molecular formula is C25H30N4O2. The van der Waals surface area contributed by atoms with E-state index in [0.717, 1.165) is 27.8 Å². The van der Waals surface area contributed by atoms with Crippen molar-refractivity contribution in [3.05, 3.63) is 65.9 Å². The minimum Gasteiger partial charge on any atom is -0.497 e. The second kappa shape index (κ2) is 10.5. The van der Waals surface area contributed by atoms with Crippen LogP contribution in [0, 0.1) is 17.2 Å². The number of carbonyl (C=O) groups excluding carboxylic acids is 1. The lowest BCUT2D eigenvalue weighted by Gasteiger charge is -2.26. The Bertz CT molecular complexity index is 1030. The summed E-state index contributed by atoms with van der Waals surface area (Å²) in [4.78, 5) is 18.0. The second-order valence-electron chi connectivity index (χ2n) is 8.05. The van der Waals surface area contributed by atoms with Crippen LogP contribution in [0.1, 0.15) is 37.3 Å². The van der Waals surface area contributed by atoms with Crippen LogP contribution in [-0.4, -0.2) is 42.7 Å². The van der Waals surface area contributed by atoms with Crippen molar-refractivity contribution in [1.82, 2.24) is 15.2 Å². The highest BCUT2D eigenvalue weighted by molar-refractivity contribution is 5.84. The van der Waals surface area contributed by atoms with Gasteiger partial charge in [-0.3, -0.25) is 0 Å². The van der Waals surface area contributed by atoms with Gasteiger partial charge in [0.15, 0.2) is 0 Å². The Hall–Kier alpha value is -3.46. The fourth-order valence-corrected chi connectivity index (χ4v) is 3.83. The molecule has 3 aromatic rings. The van der Waals surface area contributed by atoms with E-state index in [4.69, 9.17) is 10.00 Å². The maximum Gasteiger partial charge on any atom is 0.317 e. The molecule has 0 aliphatic rings. The van der Waals surface area contributed by atoms with Gasteiger partial charge in [-0.05, 0) is 35.2 Å². The average molecular weight is 419 g/mol. The molecule has 6 nitrogen and oxygen atoms in total. The number of nitrogens with zero attached hydrogens (tertiary/aromatic N) is 2. The van der Waals surface area contributed by atoms with Gasteiger partial charge < -0.3 is 19.9 Å². The summed E-state index contributed by atoms with van der Waals surface area (Å²) in [7, 11) is 1.65. The predicted molar refractivity (Wildman–Crippen MR) is 123 cm³/mol. The maximum absolute atomic E-state index is 12.9. The number of urea groups is 1. The van der Waals surface area contributed by atoms with E-state index < -0.39 is 0 Å². The third kappa shape index (κ3) is 5.58. The summed E-state index contributed by atoms with van der Waals surface area (Å²) in [5, 5.41) is 13.2. The molecule has 1 unspecified atom stereocenters. The summed E-state index contributed by atoms with van der Waals surface area (Å²) in [6, 6.07) is 18.1. The number of para-hydroxylation sites is 1. The highest BCUT2D eigenvalue weighted by atomic mass is 16.5. The van der Waals surface area contributed by atoms with Gasteiger partial charge >= 0.3 is 6.03 Å². The molecule has 0 saturated heterocycles. The fraction of sp³-hybridized carbons (Fsp3) is 0.360. The second-order valence-corrected chi connectivity index (χ2v) is 8.05. The highest BCUT2D eigenvalue weighted by Crippen LogP contribution is 2.31. The molecule has 6 heteroatoms. The van der Waals surface area contributed by atoms with Gasteiger partial charge in [0.05, 0.1) is 19.6 Å². The number of fused-ring (bicyclic) bond motifs is 1. The highest BCUT2D eigenvalue weighted by Gasteiger charge is 2.21. The van der Waals surface area contributed by atoms with Crippen LogP contribution in [0.4, 0.5) is 4.79 Å². The fourth-order valence-electron chi connectivity index (χ4n) is 3.83. The number of methoxy groups -OCH3 is 1. The number of rotatable bonds is 9. The van der Waals surface area contributed by atoms with E-state index >= 15 is 0 Å². The number of nitrogens with one attached hydrogen (secondary N) is 2. The topological polar surface area (TPSA) is 81.2 Å². The molecule has 2 amide bonds. The summed E-state index contributed by atoms with van der Waals surface area (Å²) in [5.41, 5.74) is 3.30. The molecule has 0 bridgehead atoms. The van der Waals surface area contributed by atoms with Gasteiger partial charge in [0.2, 0.25) is 0 Å². The van der Waals surface area contributed by atoms with Crippen LogP contribution in [-0.2, 0) is 0 Å². The minimum atomic E-state index is -0.137. The quantitative estimate of drug-likeness (QED) is 0.519. The summed E-state index contributed by atoms with van der Waals surface area (Å²) in [6.07, 6.45) is 2.35. The number of nitriles is 1. The molecule has 162 valence electrons. The molecule has 1 heterocycles. The van der Waals surface area contributed by atoms with E-state index in [1.54, 1.807) is 12.0 Å². The van der Waals surface area contributed by atoms with Gasteiger partial charge in [-0.15, -0.1) is 0 Å². The number of aromatic amines is 1. The van der Waals surface area contributed by atoms with Crippen molar-refractivity contribution < 1.29 is 9.53 Å². The number of aromatic nitrogens is 1. The Morgan fingerprint density at radius 3 is 2.61 bits per heavy atom. The van der Waals surface area contributed by atoms with Crippen molar-refractivity contribution in [1.29, 1.82) is 5.26 Å². The molecule has 1 atom stereocenters. The molecule has 31 heavy (non-hydrogen) atoms. The van der Waals surface area contributed by atoms with Crippen LogP contribution in [0.3, 0.4) is 0 Å². The summed E-state index contributed by atoms with van der Waals surface area (Å²) < 4.78 is 5.31. The molecule has 2 N–H and O–H groups in total. The van der Waals surface area contributed by atoms with E-state index in [1.807, 2.05) is 42.6 Å². The molecule has 0 fully saturated rings. The van der Waals surface area contributed by atoms with Gasteiger partial charge in [-0.25, -0.2) is 4.79 Å². The zero-order valence-corrected chi connectivity index (χ0v) is 18.4. The van der Waals surface area contributed by atoms with Crippen molar-refractivity contribution in [2.24, 2.45) is 5.92 Å². The van der Waals surface area contributed by atoms with Crippen LogP contribution < -0.4 is 10.1 Å². The minimum absolute atomic E-state index is 0.0251. The van der Waals surface area contributed by atoms with E-state index in [1.165, 1.54) is 0 Å². The first-order valence-corrected chi connectivity index (χ1v) is 10.6. The maximum atomic E-state index is 12.9. The zero-order valence-electron chi connectivity index (χ0n) is 18.4. The number of hydrogen-bond acceptors (Lipinski definition) is 3. The van der Waals surface area contributed by atoms with Crippen molar-refractivity contribution in [3.8, 4) is 11.8 Å². The number of benzene rings is 2. The van der Waals surface area contributed by atoms with E-state index in [0.29, 0.717) is 32.0 Å². The van der Waals surface area contributed by atoms with Crippen LogP contribution in [0.5, 0.6) is 5.75 Å². The lowest BCUT2D eigenvalue weighted by Crippen LogP contribution is -2.43. The van der Waals surface area contributed by atoms with E-state index in [9.17, 15) is 4.79 Å². The first-order valence-electron chi connectivity index (χ1n) is 10.6. The number of ether oxygens (including phenoxy) is 1. The monoisotopic (exact) mass is 418 g/mol. The molecule has 3 rings (SSSR count). The van der Waals surface area contributed by atoms with E-state index in [2.05, 4.69) is 42.4 Å². The van der Waals surface area contributed by atoms with Gasteiger partial charge in [0, 0.05) is 42.7 Å². The Balaban J connectivity index is 1.86. The largest absolute Gasteiger partial charge is 0.497 e. The molecule has 0 saturated carbocycles. The van der Waals surface area contributed by atoms with Crippen LogP contribution in [0.15, 0.2) is 54.7 Å². The molecular weight excluding hydrogens is 388 g/mol. The number of carbonyl (C=O) groups is 1. The van der Waals surface area contributed by atoms with Gasteiger partial charge in [-0.2, -0.15) is 5.26 Å². The number of hydrogen-bond donors (Lipinski definition) is 2. The lowest BCUT2D eigenvalue weighted by molar-refractivity contribution is 0.192. The van der Waals surface area contributed by atoms with E-state index in [-0.39, 0.29) is 11.9 Å². The van der Waals surface area contributed by atoms with Crippen molar-refractivity contribution in [3.63, 3.8) is 0 Å². The SMILES string of the molecule is COc1ccc(C(CNC(=O)N(CCC#N)CC(C)C)c2c[nH]c3ccccc23)cc1. The van der Waals surface area contributed by atoms with Crippen molar-refractivity contribution >= 4 is 16.9 Å². The molecule has 2 aromatic carbocycles. The summed E-state index contributed by atoms with van der Waals surface area (Å²) in [5.74, 6) is 1.10. The van der Waals surface area contributed by atoms with Gasteiger partial charge in [0.25, 0.3) is 0 Å². The number of H-pyrrole nitrogens is 1. The predicted octanol–water partition coefficient (Wildman–Crippen LogP) is 4.89. The molecule has 0 radical (unpaired) electrons. The van der Waals surface area contributed by atoms with Gasteiger partial charge in [-0.1, -0.05) is 44.2 Å². The lowest BCUT2D eigenvalue weighted by atomic mass is 9.91. The Kier molecular flexibility index (Phi) is 7.55. The average Bonchev–Trinajstić information content (AvgIpc) is 3.21. The third-order valence-corrected chi connectivity index (χ3v) is 5.34. The first-order chi connectivity index (χ1) is 15.0. The van der Waals surface area contributed by atoms with Crippen LogP contribution in [0.25, 0.3) is 10.9 Å². The standard InChI is InChI=1S/C25H30N4O2/c1-18(2)17-29(14-6-13-26)25(30)28-15-22(19-9-11-20(31-3)12-10-19)23-16-27-24-8-5-4-7-21(23)24/h4-5,7-12,16,18,22,27H,6,14-15,17H2,1-3H3,(H,28,30). The molecule has 0 aliphatic heterocycles. The Morgan fingerprint density at radius 2 is 1.94 bits per heavy atom. The third-order valence-electron chi connectivity index (χ3n) is 5.34. The zero-order chi connectivity index (χ0) is 22.2. The van der Waals surface area contributed by atoms with Crippen molar-refractivity contribution in [2.45, 2.75) is 26.2 Å². The van der Waals surface area contributed by atoms with Gasteiger partial charge in [0.1, 0.15) is 5.75 Å². The summed E-state index contributed by atoms with van der Waals surface area (Å²) in [6.45, 7) is 5.64. The Morgan fingerprint density at radius 1 is 1.19 bits per heavy atom. The smallest absolute Gasteiger partial charge is 0.317 e. The summed E-state index contributed by atoms with van der Waals surface area (Å²) >= 11 is 0. The normalized spacial score (nSPS) is 11.8. The molecule has 0 aliphatic carbocycles. The molecule has 0 spiro atoms. The van der Waals surface area contributed by atoms with Crippen molar-refractivity contribution in [2.75, 3.05) is 26.7 Å². The van der Waals surface area contributed by atoms with Crippen LogP contribution >= 0.6 is 0 Å².